The second-order valence-corrected chi connectivity index (χ2v) is 2.95. The predicted molar refractivity (Wildman–Crippen MR) is 63.7 cm³/mol. The number of azide groups is 1. The molecule has 1 N–H and O–H groups in total. The number of urea groups is 1. The molecule has 18 heavy (non-hydrogen) atoms. The van der Waals surface area contributed by atoms with Gasteiger partial charge in [-0.25, -0.2) is 4.79 Å². The van der Waals surface area contributed by atoms with Gasteiger partial charge in [0.15, 0.2) is 6.61 Å². The van der Waals surface area contributed by atoms with Crippen LogP contribution in [0.4, 0.5) is 10.5 Å². The molecule has 0 saturated heterocycles. The van der Waals surface area contributed by atoms with Gasteiger partial charge in [0.1, 0.15) is 0 Å². The number of benzene rings is 1. The third-order valence-corrected chi connectivity index (χ3v) is 1.81. The fourth-order valence-electron chi connectivity index (χ4n) is 1.14. The highest BCUT2D eigenvalue weighted by Gasteiger charge is 2.13. The fraction of sp³-hybridized carbons (Fsp3) is 0.0909. The minimum Gasteiger partial charge on any atom is -0.449 e. The average molecular weight is 244 g/mol. The van der Waals surface area contributed by atoms with Crippen LogP contribution in [-0.2, 0) is 4.74 Å². The highest BCUT2D eigenvalue weighted by molar-refractivity contribution is 6.01. The Morgan fingerprint density at radius 2 is 2.22 bits per heavy atom. The van der Waals surface area contributed by atoms with Crippen molar-refractivity contribution in [2.24, 2.45) is 5.11 Å². The first kappa shape index (κ1) is 13.1. The number of hydrogen-bond acceptors (Lipinski definition) is 3. The molecule has 90 valence electrons. The zero-order valence-corrected chi connectivity index (χ0v) is 9.16. The van der Waals surface area contributed by atoms with Crippen LogP contribution in [0, 0.1) is 12.3 Å². The maximum atomic E-state index is 11.6. The Bertz CT molecular complexity index is 556. The predicted octanol–water partition coefficient (Wildman–Crippen LogP) is 2.32. The number of carbonyl (C=O) groups excluding carboxylic acids is 2. The topological polar surface area (TPSA) is 104 Å². The second-order valence-electron chi connectivity index (χ2n) is 2.95. The molecule has 0 fully saturated rings. The van der Waals surface area contributed by atoms with Crippen LogP contribution >= 0.6 is 0 Å². The Morgan fingerprint density at radius 1 is 1.50 bits per heavy atom. The van der Waals surface area contributed by atoms with E-state index in [9.17, 15) is 9.59 Å². The third-order valence-electron chi connectivity index (χ3n) is 1.81. The van der Waals surface area contributed by atoms with Crippen LogP contribution in [0.5, 0.6) is 0 Å². The minimum absolute atomic E-state index is 0.120. The van der Waals surface area contributed by atoms with Gasteiger partial charge in [0.05, 0.1) is 11.3 Å². The minimum atomic E-state index is -0.922. The van der Waals surface area contributed by atoms with Gasteiger partial charge in [-0.15, -0.1) is 6.42 Å². The molecule has 0 radical (unpaired) electrons. The van der Waals surface area contributed by atoms with Gasteiger partial charge in [0, 0.05) is 10.0 Å². The van der Waals surface area contributed by atoms with Crippen molar-refractivity contribution >= 4 is 17.7 Å². The summed E-state index contributed by atoms with van der Waals surface area (Å²) in [6, 6.07) is 5.19. The van der Waals surface area contributed by atoms with E-state index in [-0.39, 0.29) is 17.9 Å². The van der Waals surface area contributed by atoms with E-state index in [0.717, 1.165) is 0 Å². The van der Waals surface area contributed by atoms with Crippen molar-refractivity contribution in [3.05, 3.63) is 40.3 Å². The second kappa shape index (κ2) is 6.58. The number of rotatable bonds is 3. The summed E-state index contributed by atoms with van der Waals surface area (Å²) in [6.07, 6.45) is 4.96. The molecule has 1 aromatic carbocycles. The number of carbonyl (C=O) groups is 2. The Labute approximate surface area is 102 Å². The van der Waals surface area contributed by atoms with Crippen LogP contribution in [0.3, 0.4) is 0 Å². The molecule has 1 rings (SSSR count). The Kier molecular flexibility index (Phi) is 4.79. The van der Waals surface area contributed by atoms with Gasteiger partial charge in [-0.1, -0.05) is 18.1 Å². The molecule has 1 aromatic rings. The number of nitrogens with zero attached hydrogens (tertiary/aromatic N) is 3. The third kappa shape index (κ3) is 3.56. The molecule has 0 aliphatic carbocycles. The largest absolute Gasteiger partial charge is 0.449 e. The van der Waals surface area contributed by atoms with Crippen LogP contribution < -0.4 is 5.32 Å². The van der Waals surface area contributed by atoms with E-state index in [2.05, 4.69) is 21.3 Å². The molecule has 0 aliphatic rings. The highest BCUT2D eigenvalue weighted by atomic mass is 16.5. The van der Waals surface area contributed by atoms with E-state index in [1.807, 2.05) is 0 Å². The normalized spacial score (nSPS) is 8.61. The van der Waals surface area contributed by atoms with Crippen LogP contribution in [0.25, 0.3) is 10.4 Å². The van der Waals surface area contributed by atoms with Crippen LogP contribution in [0.15, 0.2) is 29.4 Å². The van der Waals surface area contributed by atoms with E-state index in [1.165, 1.54) is 12.1 Å². The summed E-state index contributed by atoms with van der Waals surface area (Å²) in [5, 5.41) is 5.09. The van der Waals surface area contributed by atoms with Crippen molar-refractivity contribution in [2.75, 3.05) is 11.9 Å². The van der Waals surface area contributed by atoms with Crippen molar-refractivity contribution < 1.29 is 14.3 Å². The smallest absolute Gasteiger partial charge is 0.341 e. The molecular formula is C11H8N4O3. The lowest BCUT2D eigenvalue weighted by Crippen LogP contribution is -2.12. The summed E-state index contributed by atoms with van der Waals surface area (Å²) < 4.78 is 4.73. The van der Waals surface area contributed by atoms with Gasteiger partial charge in [-0.2, -0.15) is 0 Å². The molecule has 0 spiro atoms. The van der Waals surface area contributed by atoms with Gasteiger partial charge >= 0.3 is 12.0 Å². The molecule has 0 aromatic heterocycles. The number of para-hydroxylation sites is 1. The number of hydrogen-bond donors (Lipinski definition) is 1. The molecule has 0 atom stereocenters. The first-order chi connectivity index (χ1) is 8.69. The van der Waals surface area contributed by atoms with Gasteiger partial charge < -0.3 is 10.1 Å². The van der Waals surface area contributed by atoms with E-state index in [4.69, 9.17) is 16.7 Å². The van der Waals surface area contributed by atoms with Gasteiger partial charge in [0.2, 0.25) is 0 Å². The van der Waals surface area contributed by atoms with Crippen molar-refractivity contribution in [1.82, 2.24) is 0 Å². The molecule has 0 heterocycles. The van der Waals surface area contributed by atoms with Crippen LogP contribution in [-0.4, -0.2) is 18.6 Å². The fourth-order valence-corrected chi connectivity index (χ4v) is 1.14. The molecule has 0 aliphatic heterocycles. The summed E-state index contributed by atoms with van der Waals surface area (Å²) >= 11 is 0. The average Bonchev–Trinajstić information content (AvgIpc) is 2.37. The summed E-state index contributed by atoms with van der Waals surface area (Å²) in [6.45, 7) is -0.169. The van der Waals surface area contributed by atoms with Gasteiger partial charge in [-0.3, -0.25) is 4.79 Å². The molecule has 2 amide bonds. The maximum Gasteiger partial charge on any atom is 0.341 e. The molecule has 7 nitrogen and oxygen atoms in total. The Morgan fingerprint density at radius 3 is 2.89 bits per heavy atom. The van der Waals surface area contributed by atoms with E-state index < -0.39 is 12.0 Å². The standard InChI is InChI=1S/C11H8N4O3/c1-2-7-18-10(16)8-5-3-4-6-9(8)13-11(17)14-15-12/h1,3-6H,7H2,(H,13,17). The van der Waals surface area contributed by atoms with E-state index >= 15 is 0 Å². The monoisotopic (exact) mass is 244 g/mol. The molecule has 0 unspecified atom stereocenters. The molecule has 7 heteroatoms. The lowest BCUT2D eigenvalue weighted by molar-refractivity contribution is 0.0558. The number of nitrogens with one attached hydrogen (secondary N) is 1. The lowest BCUT2D eigenvalue weighted by Gasteiger charge is -2.07. The lowest BCUT2D eigenvalue weighted by atomic mass is 10.2. The molecular weight excluding hydrogens is 236 g/mol. The first-order valence-electron chi connectivity index (χ1n) is 4.74. The zero-order chi connectivity index (χ0) is 13.4. The summed E-state index contributed by atoms with van der Waals surface area (Å²) in [7, 11) is 0. The van der Waals surface area contributed by atoms with Crippen molar-refractivity contribution in [1.29, 1.82) is 0 Å². The summed E-state index contributed by atoms with van der Waals surface area (Å²) in [4.78, 5) is 25.0. The number of ether oxygens (including phenoxy) is 1. The zero-order valence-electron chi connectivity index (χ0n) is 9.16. The highest BCUT2D eigenvalue weighted by Crippen LogP contribution is 2.16. The van der Waals surface area contributed by atoms with Crippen LogP contribution in [0.2, 0.25) is 0 Å². The van der Waals surface area contributed by atoms with E-state index in [0.29, 0.717) is 0 Å². The number of anilines is 1. The van der Waals surface area contributed by atoms with Crippen molar-refractivity contribution in [3.63, 3.8) is 0 Å². The summed E-state index contributed by atoms with van der Waals surface area (Å²) in [5.41, 5.74) is 8.39. The maximum absolute atomic E-state index is 11.6. The Balaban J connectivity index is 2.92. The van der Waals surface area contributed by atoms with E-state index in [1.54, 1.807) is 12.1 Å². The SMILES string of the molecule is C#CCOC(=O)c1ccccc1NC(=O)N=[N+]=[N-]. The molecule has 0 saturated carbocycles. The quantitative estimate of drug-likeness (QED) is 0.290. The van der Waals surface area contributed by atoms with Crippen molar-refractivity contribution in [2.45, 2.75) is 0 Å². The van der Waals surface area contributed by atoms with Crippen LogP contribution in [0.1, 0.15) is 10.4 Å². The summed E-state index contributed by atoms with van der Waals surface area (Å²) in [5.74, 6) is 1.48. The molecule has 0 bridgehead atoms. The van der Waals surface area contributed by atoms with Gasteiger partial charge in [-0.05, 0) is 17.7 Å². The Hall–Kier alpha value is -2.97. The first-order valence-corrected chi connectivity index (χ1v) is 4.74. The number of terminal acetylenes is 1. The van der Waals surface area contributed by atoms with Crippen molar-refractivity contribution in [3.8, 4) is 12.3 Å². The van der Waals surface area contributed by atoms with Gasteiger partial charge in [0.25, 0.3) is 0 Å². The number of esters is 1. The number of amides is 2.